The number of para-hydroxylation sites is 1. The van der Waals surface area contributed by atoms with Crippen molar-refractivity contribution in [1.82, 2.24) is 4.90 Å². The number of carbonyl (C=O) groups is 1. The van der Waals surface area contributed by atoms with Gasteiger partial charge in [0, 0.05) is 63.0 Å². The summed E-state index contributed by atoms with van der Waals surface area (Å²) in [6.07, 6.45) is 9.46. The van der Waals surface area contributed by atoms with Crippen LogP contribution in [0.5, 0.6) is 0 Å². The van der Waals surface area contributed by atoms with Gasteiger partial charge in [0.1, 0.15) is 0 Å². The van der Waals surface area contributed by atoms with Crippen molar-refractivity contribution in [2.45, 2.75) is 69.4 Å². The molecular formula is C27H36N2O4. The molecule has 2 heterocycles. The van der Waals surface area contributed by atoms with Gasteiger partial charge in [-0.25, -0.2) is 0 Å². The molecule has 0 radical (unpaired) electrons. The molecule has 1 amide bonds. The van der Waals surface area contributed by atoms with Gasteiger partial charge in [0.2, 0.25) is 17.5 Å². The number of piperazine rings is 1. The molecule has 7 aliphatic rings. The summed E-state index contributed by atoms with van der Waals surface area (Å²) in [5.41, 5.74) is 1.25. The Morgan fingerprint density at radius 2 is 1.73 bits per heavy atom. The van der Waals surface area contributed by atoms with Crippen molar-refractivity contribution >= 4 is 11.6 Å². The van der Waals surface area contributed by atoms with Gasteiger partial charge in [0.05, 0.1) is 0 Å². The van der Waals surface area contributed by atoms with E-state index in [0.29, 0.717) is 30.1 Å². The van der Waals surface area contributed by atoms with Crippen molar-refractivity contribution < 1.29 is 19.3 Å². The van der Waals surface area contributed by atoms with Crippen LogP contribution in [0.1, 0.15) is 57.8 Å². The predicted molar refractivity (Wildman–Crippen MR) is 123 cm³/mol. The lowest BCUT2D eigenvalue weighted by Gasteiger charge is -2.40. The van der Waals surface area contributed by atoms with Crippen LogP contribution >= 0.6 is 0 Å². The minimum absolute atomic E-state index is 0.315. The highest BCUT2D eigenvalue weighted by atomic mass is 17.3. The van der Waals surface area contributed by atoms with Gasteiger partial charge in [-0.1, -0.05) is 18.2 Å². The second kappa shape index (κ2) is 7.69. The average molecular weight is 453 g/mol. The molecule has 0 N–H and O–H groups in total. The lowest BCUT2D eigenvalue weighted by Crippen LogP contribution is -2.49. The van der Waals surface area contributed by atoms with Crippen molar-refractivity contribution in [2.75, 3.05) is 31.1 Å². The maximum Gasteiger partial charge on any atom is 0.222 e. The summed E-state index contributed by atoms with van der Waals surface area (Å²) in [5.74, 6) is 2.45. The van der Waals surface area contributed by atoms with Crippen LogP contribution in [-0.4, -0.2) is 48.6 Å². The number of hydrogen-bond donors (Lipinski definition) is 0. The van der Waals surface area contributed by atoms with E-state index in [1.54, 1.807) is 0 Å². The Balaban J connectivity index is 0.916. The summed E-state index contributed by atoms with van der Waals surface area (Å²) in [6.45, 7) is 3.46. The van der Waals surface area contributed by atoms with Crippen LogP contribution in [0.15, 0.2) is 30.3 Å². The molecule has 0 aromatic heterocycles. The van der Waals surface area contributed by atoms with Gasteiger partial charge in [-0.3, -0.25) is 4.79 Å². The fourth-order valence-corrected chi connectivity index (χ4v) is 8.17. The molecule has 5 unspecified atom stereocenters. The number of rotatable bonds is 3. The third-order valence-electron chi connectivity index (χ3n) is 9.84. The van der Waals surface area contributed by atoms with E-state index in [9.17, 15) is 4.79 Å². The second-order valence-corrected chi connectivity index (χ2v) is 11.6. The monoisotopic (exact) mass is 452 g/mol. The fourth-order valence-electron chi connectivity index (χ4n) is 8.17. The predicted octanol–water partition coefficient (Wildman–Crippen LogP) is 4.35. The first kappa shape index (κ1) is 20.7. The molecule has 2 spiro atoms. The first-order valence-corrected chi connectivity index (χ1v) is 13.3. The zero-order chi connectivity index (χ0) is 22.0. The van der Waals surface area contributed by atoms with E-state index in [-0.39, 0.29) is 0 Å². The molecule has 178 valence electrons. The Bertz CT molecular complexity index is 889. The summed E-state index contributed by atoms with van der Waals surface area (Å²) in [6, 6.07) is 10.5. The van der Waals surface area contributed by atoms with E-state index in [2.05, 4.69) is 34.1 Å². The van der Waals surface area contributed by atoms with Crippen molar-refractivity contribution in [3.05, 3.63) is 30.3 Å². The fraction of sp³-hybridized carbons (Fsp3) is 0.741. The van der Waals surface area contributed by atoms with Crippen LogP contribution in [0.25, 0.3) is 0 Å². The van der Waals surface area contributed by atoms with Crippen LogP contribution in [0.2, 0.25) is 0 Å². The molecule has 33 heavy (non-hydrogen) atoms. The van der Waals surface area contributed by atoms with Gasteiger partial charge in [-0.05, 0) is 68.4 Å². The van der Waals surface area contributed by atoms with Gasteiger partial charge in [0.15, 0.2) is 0 Å². The molecule has 4 bridgehead atoms. The number of ether oxygens (including phenoxy) is 1. The molecule has 7 fully saturated rings. The smallest absolute Gasteiger partial charge is 0.222 e. The Labute approximate surface area is 196 Å². The molecule has 5 aliphatic carbocycles. The molecular weight excluding hydrogens is 416 g/mol. The number of nitrogens with zero attached hydrogens (tertiary/aromatic N) is 2. The molecule has 5 saturated carbocycles. The van der Waals surface area contributed by atoms with E-state index < -0.39 is 11.6 Å². The van der Waals surface area contributed by atoms with E-state index >= 15 is 0 Å². The third kappa shape index (κ3) is 3.35. The van der Waals surface area contributed by atoms with Crippen molar-refractivity contribution in [1.29, 1.82) is 0 Å². The van der Waals surface area contributed by atoms with E-state index in [1.165, 1.54) is 31.4 Å². The number of carbonyl (C=O) groups excluding carboxylic acids is 1. The molecule has 2 aliphatic heterocycles. The maximum atomic E-state index is 13.0. The average Bonchev–Trinajstić information content (AvgIpc) is 3.44. The highest BCUT2D eigenvalue weighted by molar-refractivity contribution is 5.76. The van der Waals surface area contributed by atoms with Gasteiger partial charge < -0.3 is 14.5 Å². The highest BCUT2D eigenvalue weighted by Crippen LogP contribution is 2.67. The van der Waals surface area contributed by atoms with Gasteiger partial charge >= 0.3 is 0 Å². The molecule has 2 saturated heterocycles. The maximum absolute atomic E-state index is 13.0. The highest BCUT2D eigenvalue weighted by Gasteiger charge is 2.70. The van der Waals surface area contributed by atoms with Crippen molar-refractivity contribution in [2.24, 2.45) is 29.6 Å². The first-order valence-electron chi connectivity index (χ1n) is 13.3. The first-order chi connectivity index (χ1) is 16.1. The lowest BCUT2D eigenvalue weighted by molar-refractivity contribution is -0.370. The zero-order valence-corrected chi connectivity index (χ0v) is 19.5. The molecule has 1 aromatic carbocycles. The van der Waals surface area contributed by atoms with Crippen LogP contribution in [0.3, 0.4) is 0 Å². The molecule has 8 rings (SSSR count). The molecule has 6 heteroatoms. The molecule has 1 aromatic rings. The Hall–Kier alpha value is -1.63. The Morgan fingerprint density at radius 1 is 0.939 bits per heavy atom. The molecule has 5 atom stereocenters. The summed E-state index contributed by atoms with van der Waals surface area (Å²) in [5, 5.41) is 0. The van der Waals surface area contributed by atoms with Crippen LogP contribution < -0.4 is 4.90 Å². The largest absolute Gasteiger partial charge is 0.368 e. The van der Waals surface area contributed by atoms with Crippen LogP contribution in [0, 0.1) is 29.6 Å². The summed E-state index contributed by atoms with van der Waals surface area (Å²) in [7, 11) is 0. The summed E-state index contributed by atoms with van der Waals surface area (Å²) < 4.78 is 6.78. The minimum Gasteiger partial charge on any atom is -0.368 e. The van der Waals surface area contributed by atoms with E-state index in [4.69, 9.17) is 14.5 Å². The standard InChI is InChI=1S/C27H36N2O4/c30-25(29-12-10-28(11-13-29)23-4-2-1-3-5-23)17-19-6-8-26(9-7-19)31-27(33-32-26)22-15-20-14-21(18-22)24(27)16-20/h1-5,19-22,24H,6-18H2. The van der Waals surface area contributed by atoms with Gasteiger partial charge in [0.25, 0.3) is 0 Å². The van der Waals surface area contributed by atoms with Gasteiger partial charge in [-0.15, -0.1) is 0 Å². The second-order valence-electron chi connectivity index (χ2n) is 11.6. The minimum atomic E-state index is -0.566. The molecule has 6 nitrogen and oxygen atoms in total. The van der Waals surface area contributed by atoms with E-state index in [1.807, 2.05) is 6.07 Å². The van der Waals surface area contributed by atoms with E-state index in [0.717, 1.165) is 63.7 Å². The third-order valence-corrected chi connectivity index (χ3v) is 9.84. The Kier molecular flexibility index (Phi) is 4.83. The number of amides is 1. The number of benzene rings is 1. The quantitative estimate of drug-likeness (QED) is 0.638. The summed E-state index contributed by atoms with van der Waals surface area (Å²) >= 11 is 0. The van der Waals surface area contributed by atoms with Crippen molar-refractivity contribution in [3.63, 3.8) is 0 Å². The van der Waals surface area contributed by atoms with Gasteiger partial charge in [-0.2, -0.15) is 9.78 Å². The van der Waals surface area contributed by atoms with Crippen molar-refractivity contribution in [3.8, 4) is 0 Å². The topological polar surface area (TPSA) is 51.2 Å². The van der Waals surface area contributed by atoms with Crippen LogP contribution in [-0.2, 0) is 19.3 Å². The Morgan fingerprint density at radius 3 is 2.48 bits per heavy atom. The normalized spacial score (nSPS) is 43.8. The van der Waals surface area contributed by atoms with Crippen LogP contribution in [0.4, 0.5) is 5.69 Å². The number of hydrogen-bond acceptors (Lipinski definition) is 5. The zero-order valence-electron chi connectivity index (χ0n) is 19.5. The number of anilines is 1. The SMILES string of the molecule is O=C(CC1CCC2(CC1)OOC1(O2)C2CC3CC(C2)C1C3)N1CCN(c2ccccc2)CC1. The summed E-state index contributed by atoms with van der Waals surface area (Å²) in [4.78, 5) is 29.6. The lowest BCUT2D eigenvalue weighted by atomic mass is 9.78.